The fourth-order valence-electron chi connectivity index (χ4n) is 2.99. The van der Waals surface area contributed by atoms with Crippen LogP contribution in [0.4, 0.5) is 4.79 Å². The van der Waals surface area contributed by atoms with E-state index in [0.717, 1.165) is 43.7 Å². The third-order valence-corrected chi connectivity index (χ3v) is 4.24. The molecule has 23 heavy (non-hydrogen) atoms. The number of nitrogens with zero attached hydrogens (tertiary/aromatic N) is 4. The molecule has 122 valence electrons. The summed E-state index contributed by atoms with van der Waals surface area (Å²) >= 11 is 0. The van der Waals surface area contributed by atoms with Crippen molar-refractivity contribution in [2.24, 2.45) is 0 Å². The van der Waals surface area contributed by atoms with Gasteiger partial charge in [-0.3, -0.25) is 10.1 Å². The van der Waals surface area contributed by atoms with Crippen LogP contribution < -0.4 is 5.32 Å². The number of aromatic amines is 1. The number of likely N-dealkylation sites (tertiary alicyclic amines) is 1. The molecule has 1 aliphatic rings. The highest BCUT2D eigenvalue weighted by Gasteiger charge is 2.25. The second kappa shape index (κ2) is 7.21. The highest BCUT2D eigenvalue weighted by molar-refractivity contribution is 5.74. The molecule has 2 aromatic rings. The van der Waals surface area contributed by atoms with Gasteiger partial charge in [0.25, 0.3) is 0 Å². The maximum Gasteiger partial charge on any atom is 0.317 e. The molecular formula is C16H22N6O. The van der Waals surface area contributed by atoms with Crippen LogP contribution in [0.2, 0.25) is 0 Å². The van der Waals surface area contributed by atoms with Gasteiger partial charge in [0.15, 0.2) is 0 Å². The van der Waals surface area contributed by atoms with Gasteiger partial charge in [-0.15, -0.1) is 0 Å². The van der Waals surface area contributed by atoms with Gasteiger partial charge < -0.3 is 10.2 Å². The lowest BCUT2D eigenvalue weighted by Gasteiger charge is -2.32. The van der Waals surface area contributed by atoms with E-state index in [9.17, 15) is 4.79 Å². The molecule has 2 aromatic heterocycles. The minimum absolute atomic E-state index is 0.0115. The van der Waals surface area contributed by atoms with E-state index in [1.807, 2.05) is 30.2 Å². The Hall–Kier alpha value is -2.44. The first-order valence-electron chi connectivity index (χ1n) is 8.02. The van der Waals surface area contributed by atoms with Crippen LogP contribution in [0.1, 0.15) is 37.1 Å². The number of aromatic nitrogens is 4. The number of hydrogen-bond acceptors (Lipinski definition) is 4. The third kappa shape index (κ3) is 4.06. The van der Waals surface area contributed by atoms with Crippen molar-refractivity contribution in [1.29, 1.82) is 0 Å². The first kappa shape index (κ1) is 15.5. The maximum atomic E-state index is 12.4. The van der Waals surface area contributed by atoms with Crippen molar-refractivity contribution in [2.45, 2.75) is 38.1 Å². The van der Waals surface area contributed by atoms with Gasteiger partial charge in [-0.1, -0.05) is 6.07 Å². The highest BCUT2D eigenvalue weighted by Crippen LogP contribution is 2.24. The molecule has 0 aliphatic carbocycles. The number of hydrogen-bond donors (Lipinski definition) is 2. The van der Waals surface area contributed by atoms with Crippen molar-refractivity contribution >= 4 is 6.03 Å². The molecule has 0 spiro atoms. The van der Waals surface area contributed by atoms with Crippen molar-refractivity contribution in [3.05, 3.63) is 42.2 Å². The predicted octanol–water partition coefficient (Wildman–Crippen LogP) is 1.72. The van der Waals surface area contributed by atoms with Gasteiger partial charge in [0, 0.05) is 37.4 Å². The molecule has 0 bridgehead atoms. The van der Waals surface area contributed by atoms with Gasteiger partial charge in [-0.2, -0.15) is 5.10 Å². The van der Waals surface area contributed by atoms with Crippen LogP contribution in [0.5, 0.6) is 0 Å². The Bertz CT molecular complexity index is 607. The normalized spacial score (nSPS) is 17.0. The third-order valence-electron chi connectivity index (χ3n) is 4.24. The molecule has 7 nitrogen and oxygen atoms in total. The maximum absolute atomic E-state index is 12.4. The molecule has 2 N–H and O–H groups in total. The van der Waals surface area contributed by atoms with Crippen molar-refractivity contribution in [2.75, 3.05) is 13.1 Å². The molecule has 2 amide bonds. The van der Waals surface area contributed by atoms with Gasteiger partial charge in [-0.05, 0) is 37.8 Å². The van der Waals surface area contributed by atoms with Gasteiger partial charge in [-0.25, -0.2) is 9.78 Å². The summed E-state index contributed by atoms with van der Waals surface area (Å²) in [4.78, 5) is 22.6. The number of urea groups is 1. The zero-order valence-corrected chi connectivity index (χ0v) is 13.3. The number of amides is 2. The van der Waals surface area contributed by atoms with E-state index < -0.39 is 0 Å². The second-order valence-corrected chi connectivity index (χ2v) is 6.05. The number of nitrogens with one attached hydrogen (secondary N) is 2. The number of H-pyrrole nitrogens is 1. The largest absolute Gasteiger partial charge is 0.335 e. The standard InChI is InChI=1S/C16H22N6O/c1-12(9-13-3-2-6-17-10-13)20-16(23)22-7-4-14(5-8-22)15-18-11-19-21-15/h2-3,6,10-12,14H,4-5,7-9H2,1H3,(H,20,23)(H,18,19,21)/t12-/m0/s1. The summed E-state index contributed by atoms with van der Waals surface area (Å²) in [5, 5.41) is 9.89. The molecule has 3 rings (SSSR count). The Morgan fingerprint density at radius 3 is 2.96 bits per heavy atom. The minimum atomic E-state index is 0.0115. The summed E-state index contributed by atoms with van der Waals surface area (Å²) in [6.45, 7) is 3.51. The lowest BCUT2D eigenvalue weighted by atomic mass is 9.96. The average molecular weight is 314 g/mol. The van der Waals surface area contributed by atoms with Gasteiger partial charge in [0.2, 0.25) is 0 Å². The Morgan fingerprint density at radius 2 is 2.30 bits per heavy atom. The molecule has 0 radical (unpaired) electrons. The lowest BCUT2D eigenvalue weighted by molar-refractivity contribution is 0.177. The van der Waals surface area contributed by atoms with E-state index in [0.29, 0.717) is 5.92 Å². The monoisotopic (exact) mass is 314 g/mol. The topological polar surface area (TPSA) is 86.8 Å². The Balaban J connectivity index is 1.46. The smallest absolute Gasteiger partial charge is 0.317 e. The Labute approximate surface area is 135 Å². The summed E-state index contributed by atoms with van der Waals surface area (Å²) in [6.07, 6.45) is 7.75. The summed E-state index contributed by atoms with van der Waals surface area (Å²) < 4.78 is 0. The molecule has 1 atom stereocenters. The van der Waals surface area contributed by atoms with Crippen molar-refractivity contribution in [1.82, 2.24) is 30.4 Å². The molecular weight excluding hydrogens is 292 g/mol. The van der Waals surface area contributed by atoms with Crippen LogP contribution in [0.3, 0.4) is 0 Å². The molecule has 0 aromatic carbocycles. The van der Waals surface area contributed by atoms with Crippen molar-refractivity contribution in [3.8, 4) is 0 Å². The average Bonchev–Trinajstić information content (AvgIpc) is 3.10. The zero-order valence-electron chi connectivity index (χ0n) is 13.3. The molecule has 1 fully saturated rings. The van der Waals surface area contributed by atoms with Crippen LogP contribution in [0, 0.1) is 0 Å². The first-order chi connectivity index (χ1) is 11.2. The van der Waals surface area contributed by atoms with E-state index in [-0.39, 0.29) is 12.1 Å². The quantitative estimate of drug-likeness (QED) is 0.899. The summed E-state index contributed by atoms with van der Waals surface area (Å²) in [7, 11) is 0. The molecule has 3 heterocycles. The number of carbonyl (C=O) groups is 1. The molecule has 0 unspecified atom stereocenters. The summed E-state index contributed by atoms with van der Waals surface area (Å²) in [5.74, 6) is 1.30. The first-order valence-corrected chi connectivity index (χ1v) is 8.02. The van der Waals surface area contributed by atoms with Crippen LogP contribution in [-0.2, 0) is 6.42 Å². The number of piperidine rings is 1. The van der Waals surface area contributed by atoms with Gasteiger partial charge >= 0.3 is 6.03 Å². The Kier molecular flexibility index (Phi) is 4.85. The number of pyridine rings is 1. The fraction of sp³-hybridized carbons (Fsp3) is 0.500. The van der Waals surface area contributed by atoms with E-state index >= 15 is 0 Å². The zero-order chi connectivity index (χ0) is 16.1. The number of rotatable bonds is 4. The van der Waals surface area contributed by atoms with E-state index in [1.54, 1.807) is 6.20 Å². The van der Waals surface area contributed by atoms with Crippen LogP contribution >= 0.6 is 0 Å². The summed E-state index contributed by atoms with van der Waals surface area (Å²) in [6, 6.07) is 4.03. The van der Waals surface area contributed by atoms with E-state index in [1.165, 1.54) is 6.33 Å². The Morgan fingerprint density at radius 1 is 1.48 bits per heavy atom. The van der Waals surface area contributed by atoms with Gasteiger partial charge in [0.05, 0.1) is 0 Å². The summed E-state index contributed by atoms with van der Waals surface area (Å²) in [5.41, 5.74) is 1.13. The second-order valence-electron chi connectivity index (χ2n) is 6.05. The van der Waals surface area contributed by atoms with Gasteiger partial charge in [0.1, 0.15) is 12.2 Å². The van der Waals surface area contributed by atoms with E-state index in [2.05, 4.69) is 25.5 Å². The van der Waals surface area contributed by atoms with Crippen LogP contribution in [0.25, 0.3) is 0 Å². The fourth-order valence-corrected chi connectivity index (χ4v) is 2.99. The lowest BCUT2D eigenvalue weighted by Crippen LogP contribution is -2.47. The highest BCUT2D eigenvalue weighted by atomic mass is 16.2. The number of carbonyl (C=O) groups excluding carboxylic acids is 1. The predicted molar refractivity (Wildman–Crippen MR) is 85.9 cm³/mol. The van der Waals surface area contributed by atoms with E-state index in [4.69, 9.17) is 0 Å². The molecule has 1 aliphatic heterocycles. The van der Waals surface area contributed by atoms with Crippen LogP contribution in [-0.4, -0.2) is 50.2 Å². The SMILES string of the molecule is C[C@@H](Cc1cccnc1)NC(=O)N1CCC(c2ncn[nH]2)CC1. The molecule has 7 heteroatoms. The minimum Gasteiger partial charge on any atom is -0.335 e. The van der Waals surface area contributed by atoms with Crippen molar-refractivity contribution < 1.29 is 4.79 Å². The van der Waals surface area contributed by atoms with Crippen molar-refractivity contribution in [3.63, 3.8) is 0 Å². The molecule has 0 saturated carbocycles. The molecule has 1 saturated heterocycles. The van der Waals surface area contributed by atoms with Crippen LogP contribution in [0.15, 0.2) is 30.9 Å².